The van der Waals surface area contributed by atoms with Gasteiger partial charge in [0.1, 0.15) is 0 Å². The van der Waals surface area contributed by atoms with Crippen LogP contribution >= 0.6 is 11.8 Å². The number of amides is 1. The summed E-state index contributed by atoms with van der Waals surface area (Å²) in [5, 5.41) is 3.69. The Kier molecular flexibility index (Phi) is 5.96. The van der Waals surface area contributed by atoms with Crippen molar-refractivity contribution in [2.45, 2.75) is 25.0 Å². The van der Waals surface area contributed by atoms with E-state index < -0.39 is 0 Å². The lowest BCUT2D eigenvalue weighted by Gasteiger charge is -2.18. The quantitative estimate of drug-likeness (QED) is 0.536. The minimum atomic E-state index is -0.286. The zero-order valence-corrected chi connectivity index (χ0v) is 15.5. The maximum atomic E-state index is 12.5. The van der Waals surface area contributed by atoms with Gasteiger partial charge in [-0.05, 0) is 37.6 Å². The summed E-state index contributed by atoms with van der Waals surface area (Å²) >= 11 is 1.33. The number of carbonyl (C=O) groups excluding carboxylic acids is 1. The first-order valence-electron chi connectivity index (χ1n) is 8.32. The first-order valence-corrected chi connectivity index (χ1v) is 9.31. The second-order valence-corrected chi connectivity index (χ2v) is 6.83. The average Bonchev–Trinajstić information content (AvgIpc) is 2.65. The first kappa shape index (κ1) is 18.1. The van der Waals surface area contributed by atoms with E-state index in [9.17, 15) is 4.79 Å². The van der Waals surface area contributed by atoms with Gasteiger partial charge in [0.05, 0.1) is 17.5 Å². The van der Waals surface area contributed by atoms with Crippen LogP contribution in [0.1, 0.15) is 28.7 Å². The van der Waals surface area contributed by atoms with Crippen molar-refractivity contribution in [3.63, 3.8) is 0 Å². The number of carbonyl (C=O) groups is 1. The SMILES string of the molecule is Cc1cc(C)nc(SCC(=O)NC(c2ccccc2)c2ccccn2)n1. The predicted molar refractivity (Wildman–Crippen MR) is 103 cm³/mol. The lowest BCUT2D eigenvalue weighted by molar-refractivity contribution is -0.119. The van der Waals surface area contributed by atoms with Gasteiger partial charge >= 0.3 is 0 Å². The van der Waals surface area contributed by atoms with E-state index in [-0.39, 0.29) is 17.7 Å². The van der Waals surface area contributed by atoms with Crippen LogP contribution in [0.2, 0.25) is 0 Å². The minimum absolute atomic E-state index is 0.0859. The summed E-state index contributed by atoms with van der Waals surface area (Å²) in [7, 11) is 0. The van der Waals surface area contributed by atoms with Crippen LogP contribution in [-0.2, 0) is 4.79 Å². The molecule has 0 aliphatic rings. The van der Waals surface area contributed by atoms with E-state index in [4.69, 9.17) is 0 Å². The van der Waals surface area contributed by atoms with Crippen LogP contribution in [0.3, 0.4) is 0 Å². The standard InChI is InChI=1S/C20H20N4OS/c1-14-12-15(2)23-20(22-14)26-13-18(25)24-19(16-8-4-3-5-9-16)17-10-6-7-11-21-17/h3-12,19H,13H2,1-2H3,(H,24,25). The molecule has 0 saturated carbocycles. The zero-order valence-electron chi connectivity index (χ0n) is 14.7. The van der Waals surface area contributed by atoms with Gasteiger partial charge in [0.25, 0.3) is 0 Å². The molecule has 5 nitrogen and oxygen atoms in total. The number of aromatic nitrogens is 3. The topological polar surface area (TPSA) is 67.8 Å². The molecule has 2 aromatic heterocycles. The number of rotatable bonds is 6. The highest BCUT2D eigenvalue weighted by atomic mass is 32.2. The number of nitrogens with zero attached hydrogens (tertiary/aromatic N) is 3. The van der Waals surface area contributed by atoms with Crippen LogP contribution in [0.4, 0.5) is 0 Å². The molecular formula is C20H20N4OS. The van der Waals surface area contributed by atoms with Gasteiger partial charge in [0, 0.05) is 17.6 Å². The van der Waals surface area contributed by atoms with Crippen LogP contribution in [-0.4, -0.2) is 26.6 Å². The number of benzene rings is 1. The molecule has 132 valence electrons. The number of pyridine rings is 1. The molecule has 0 aliphatic carbocycles. The Hall–Kier alpha value is -2.73. The Morgan fingerprint density at radius 3 is 2.38 bits per heavy atom. The second-order valence-electron chi connectivity index (χ2n) is 5.89. The molecule has 2 heterocycles. The Bertz CT molecular complexity index is 812. The Balaban J connectivity index is 1.71. The van der Waals surface area contributed by atoms with Crippen molar-refractivity contribution < 1.29 is 4.79 Å². The molecular weight excluding hydrogens is 344 g/mol. The van der Waals surface area contributed by atoms with Gasteiger partial charge in [-0.2, -0.15) is 0 Å². The molecule has 0 fully saturated rings. The van der Waals surface area contributed by atoms with Crippen molar-refractivity contribution in [3.05, 3.63) is 83.4 Å². The second kappa shape index (κ2) is 8.58. The highest BCUT2D eigenvalue weighted by molar-refractivity contribution is 7.99. The summed E-state index contributed by atoms with van der Waals surface area (Å²) in [5.74, 6) is 0.163. The van der Waals surface area contributed by atoms with Gasteiger partial charge in [-0.1, -0.05) is 48.2 Å². The average molecular weight is 364 g/mol. The van der Waals surface area contributed by atoms with Crippen molar-refractivity contribution in [3.8, 4) is 0 Å². The summed E-state index contributed by atoms with van der Waals surface area (Å²) in [4.78, 5) is 25.7. The van der Waals surface area contributed by atoms with Crippen molar-refractivity contribution in [1.29, 1.82) is 0 Å². The van der Waals surface area contributed by atoms with E-state index in [2.05, 4.69) is 20.3 Å². The Labute approximate surface area is 157 Å². The van der Waals surface area contributed by atoms with E-state index >= 15 is 0 Å². The van der Waals surface area contributed by atoms with Gasteiger partial charge in [-0.15, -0.1) is 0 Å². The van der Waals surface area contributed by atoms with E-state index in [1.807, 2.05) is 68.4 Å². The molecule has 26 heavy (non-hydrogen) atoms. The molecule has 0 saturated heterocycles. The molecule has 1 N–H and O–H groups in total. The minimum Gasteiger partial charge on any atom is -0.343 e. The number of aryl methyl sites for hydroxylation is 2. The molecule has 3 aromatic rings. The number of thioether (sulfide) groups is 1. The summed E-state index contributed by atoms with van der Waals surface area (Å²) in [6.45, 7) is 3.84. The summed E-state index contributed by atoms with van der Waals surface area (Å²) in [6, 6.07) is 17.2. The molecule has 1 atom stereocenters. The van der Waals surface area contributed by atoms with Gasteiger partial charge in [-0.25, -0.2) is 9.97 Å². The molecule has 1 unspecified atom stereocenters. The molecule has 0 bridgehead atoms. The molecule has 0 radical (unpaired) electrons. The molecule has 1 aromatic carbocycles. The lowest BCUT2D eigenvalue weighted by atomic mass is 10.0. The number of hydrogen-bond donors (Lipinski definition) is 1. The van der Waals surface area contributed by atoms with Crippen LogP contribution in [0.5, 0.6) is 0 Å². The maximum Gasteiger partial charge on any atom is 0.231 e. The van der Waals surface area contributed by atoms with Gasteiger partial charge < -0.3 is 5.32 Å². The molecule has 3 rings (SSSR count). The third kappa shape index (κ3) is 4.89. The lowest BCUT2D eigenvalue weighted by Crippen LogP contribution is -2.31. The van der Waals surface area contributed by atoms with Crippen molar-refractivity contribution >= 4 is 17.7 Å². The highest BCUT2D eigenvalue weighted by Crippen LogP contribution is 2.21. The van der Waals surface area contributed by atoms with Crippen molar-refractivity contribution in [2.75, 3.05) is 5.75 Å². The van der Waals surface area contributed by atoms with E-state index in [0.29, 0.717) is 5.16 Å². The van der Waals surface area contributed by atoms with Gasteiger partial charge in [-0.3, -0.25) is 9.78 Å². The largest absolute Gasteiger partial charge is 0.343 e. The van der Waals surface area contributed by atoms with Gasteiger partial charge in [0.2, 0.25) is 5.91 Å². The Morgan fingerprint density at radius 1 is 1.04 bits per heavy atom. The molecule has 6 heteroatoms. The van der Waals surface area contributed by atoms with Crippen molar-refractivity contribution in [2.24, 2.45) is 0 Å². The highest BCUT2D eigenvalue weighted by Gasteiger charge is 2.18. The third-order valence-corrected chi connectivity index (χ3v) is 4.56. The summed E-state index contributed by atoms with van der Waals surface area (Å²) < 4.78 is 0. The molecule has 0 aliphatic heterocycles. The van der Waals surface area contributed by atoms with Crippen LogP contribution < -0.4 is 5.32 Å². The normalized spacial score (nSPS) is 11.8. The smallest absolute Gasteiger partial charge is 0.231 e. The fraction of sp³-hybridized carbons (Fsp3) is 0.200. The molecule has 1 amide bonds. The van der Waals surface area contributed by atoms with E-state index in [0.717, 1.165) is 22.6 Å². The summed E-state index contributed by atoms with van der Waals surface area (Å²) in [6.07, 6.45) is 1.73. The Morgan fingerprint density at radius 2 is 1.73 bits per heavy atom. The van der Waals surface area contributed by atoms with E-state index in [1.165, 1.54) is 11.8 Å². The predicted octanol–water partition coefficient (Wildman–Crippen LogP) is 3.49. The molecule has 0 spiro atoms. The fourth-order valence-electron chi connectivity index (χ4n) is 2.61. The number of hydrogen-bond acceptors (Lipinski definition) is 5. The maximum absolute atomic E-state index is 12.5. The zero-order chi connectivity index (χ0) is 18.4. The fourth-order valence-corrected chi connectivity index (χ4v) is 3.37. The van der Waals surface area contributed by atoms with Crippen LogP contribution in [0.25, 0.3) is 0 Å². The van der Waals surface area contributed by atoms with Crippen LogP contribution in [0.15, 0.2) is 66.0 Å². The van der Waals surface area contributed by atoms with E-state index in [1.54, 1.807) is 6.20 Å². The number of nitrogens with one attached hydrogen (secondary N) is 1. The monoisotopic (exact) mass is 364 g/mol. The van der Waals surface area contributed by atoms with Crippen LogP contribution in [0, 0.1) is 13.8 Å². The third-order valence-electron chi connectivity index (χ3n) is 3.72. The summed E-state index contributed by atoms with van der Waals surface area (Å²) in [5.41, 5.74) is 3.60. The van der Waals surface area contributed by atoms with Crippen molar-refractivity contribution in [1.82, 2.24) is 20.3 Å². The van der Waals surface area contributed by atoms with Gasteiger partial charge in [0.15, 0.2) is 5.16 Å². The first-order chi connectivity index (χ1) is 12.6.